The van der Waals surface area contributed by atoms with Crippen LogP contribution < -0.4 is 0 Å². The average Bonchev–Trinajstić information content (AvgIpc) is 3.03. The average molecular weight is 278 g/mol. The molecular formula is C13H26O4S. The minimum atomic E-state index is -3.32. The van der Waals surface area contributed by atoms with Crippen LogP contribution in [0.3, 0.4) is 0 Å². The Morgan fingerprint density at radius 2 is 1.61 bits per heavy atom. The quantitative estimate of drug-likeness (QED) is 0.331. The van der Waals surface area contributed by atoms with Crippen LogP contribution in [-0.2, 0) is 19.0 Å². The Hall–Kier alpha value is -0.130. The van der Waals surface area contributed by atoms with Gasteiger partial charge in [0.05, 0.1) is 19.0 Å². The summed E-state index contributed by atoms with van der Waals surface area (Å²) in [6, 6.07) is 0. The van der Waals surface area contributed by atoms with E-state index in [1.165, 1.54) is 44.9 Å². The van der Waals surface area contributed by atoms with Gasteiger partial charge in [0.2, 0.25) is 0 Å². The molecule has 0 radical (unpaired) electrons. The lowest BCUT2D eigenvalue weighted by Gasteiger charge is -2.00. The predicted octanol–water partition coefficient (Wildman–Crippen LogP) is 2.87. The molecule has 0 aromatic heterocycles. The van der Waals surface area contributed by atoms with Crippen LogP contribution in [0, 0.1) is 0 Å². The van der Waals surface area contributed by atoms with E-state index in [0.29, 0.717) is 0 Å². The Morgan fingerprint density at radius 3 is 2.22 bits per heavy atom. The van der Waals surface area contributed by atoms with E-state index < -0.39 is 10.1 Å². The van der Waals surface area contributed by atoms with Crippen molar-refractivity contribution in [3.8, 4) is 0 Å². The van der Waals surface area contributed by atoms with Crippen LogP contribution in [0.1, 0.15) is 58.3 Å². The van der Waals surface area contributed by atoms with Crippen molar-refractivity contribution in [1.82, 2.24) is 0 Å². The molecule has 0 amide bonds. The maximum Gasteiger partial charge on any atom is 0.264 e. The zero-order valence-electron chi connectivity index (χ0n) is 11.6. The monoisotopic (exact) mass is 278 g/mol. The van der Waals surface area contributed by atoms with Crippen molar-refractivity contribution in [2.45, 2.75) is 70.5 Å². The molecule has 0 N–H and O–H groups in total. The SMILES string of the molecule is CCCCCCCCC[C@H]1O[C@H]1COS(C)(=O)=O. The van der Waals surface area contributed by atoms with Gasteiger partial charge in [-0.05, 0) is 6.42 Å². The topological polar surface area (TPSA) is 55.9 Å². The number of rotatable bonds is 11. The van der Waals surface area contributed by atoms with Gasteiger partial charge in [-0.3, -0.25) is 4.18 Å². The summed E-state index contributed by atoms with van der Waals surface area (Å²) in [6.45, 7) is 2.41. The van der Waals surface area contributed by atoms with Crippen LogP contribution in [0.25, 0.3) is 0 Å². The fraction of sp³-hybridized carbons (Fsp3) is 1.00. The smallest absolute Gasteiger partial charge is 0.264 e. The van der Waals surface area contributed by atoms with E-state index in [2.05, 4.69) is 6.92 Å². The summed E-state index contributed by atoms with van der Waals surface area (Å²) in [6.07, 6.45) is 11.4. The van der Waals surface area contributed by atoms with Gasteiger partial charge in [-0.2, -0.15) is 8.42 Å². The van der Waals surface area contributed by atoms with Crippen molar-refractivity contribution in [3.63, 3.8) is 0 Å². The highest BCUT2D eigenvalue weighted by atomic mass is 32.2. The Kier molecular flexibility index (Phi) is 7.19. The molecule has 1 aliphatic heterocycles. The molecule has 0 aliphatic carbocycles. The maximum absolute atomic E-state index is 10.8. The fourth-order valence-electron chi connectivity index (χ4n) is 2.07. The molecule has 1 saturated heterocycles. The first-order valence-electron chi connectivity index (χ1n) is 7.03. The van der Waals surface area contributed by atoms with Gasteiger partial charge in [0, 0.05) is 0 Å². The van der Waals surface area contributed by atoms with Crippen LogP contribution in [0.2, 0.25) is 0 Å². The molecule has 108 valence electrons. The second-order valence-electron chi connectivity index (χ2n) is 5.11. The molecule has 0 aromatic carbocycles. The molecule has 4 nitrogen and oxygen atoms in total. The Morgan fingerprint density at radius 1 is 1.00 bits per heavy atom. The molecule has 2 atom stereocenters. The van der Waals surface area contributed by atoms with Crippen molar-refractivity contribution in [2.24, 2.45) is 0 Å². The van der Waals surface area contributed by atoms with Crippen molar-refractivity contribution < 1.29 is 17.3 Å². The van der Waals surface area contributed by atoms with Crippen LogP contribution in [-0.4, -0.2) is 33.5 Å². The minimum Gasteiger partial charge on any atom is -0.367 e. The zero-order chi connectivity index (χ0) is 13.4. The molecule has 5 heteroatoms. The van der Waals surface area contributed by atoms with Gasteiger partial charge in [0.15, 0.2) is 0 Å². The Bertz CT molecular complexity index is 313. The summed E-state index contributed by atoms with van der Waals surface area (Å²) in [7, 11) is -3.32. The molecule has 1 aliphatic rings. The van der Waals surface area contributed by atoms with Crippen molar-refractivity contribution in [2.75, 3.05) is 12.9 Å². The van der Waals surface area contributed by atoms with Gasteiger partial charge >= 0.3 is 0 Å². The number of epoxide rings is 1. The first kappa shape index (κ1) is 15.9. The standard InChI is InChI=1S/C13H26O4S/c1-3-4-5-6-7-8-9-10-12-13(17-12)11-16-18(2,14)15/h12-13H,3-11H2,1-2H3/t12-,13+/m1/s1. The normalized spacial score (nSPS) is 23.2. The third-order valence-electron chi connectivity index (χ3n) is 3.23. The summed E-state index contributed by atoms with van der Waals surface area (Å²) in [4.78, 5) is 0. The van der Waals surface area contributed by atoms with Gasteiger partial charge in [-0.1, -0.05) is 51.9 Å². The molecule has 0 unspecified atom stereocenters. The van der Waals surface area contributed by atoms with E-state index in [4.69, 9.17) is 8.92 Å². The van der Waals surface area contributed by atoms with E-state index in [0.717, 1.165) is 12.7 Å². The Balaban J connectivity index is 1.87. The molecular weight excluding hydrogens is 252 g/mol. The second kappa shape index (κ2) is 8.12. The second-order valence-corrected chi connectivity index (χ2v) is 6.76. The van der Waals surface area contributed by atoms with Crippen molar-refractivity contribution in [1.29, 1.82) is 0 Å². The molecule has 1 fully saturated rings. The largest absolute Gasteiger partial charge is 0.367 e. The predicted molar refractivity (Wildman–Crippen MR) is 72.1 cm³/mol. The molecule has 0 aromatic rings. The van der Waals surface area contributed by atoms with Crippen LogP contribution in [0.15, 0.2) is 0 Å². The summed E-state index contributed by atoms with van der Waals surface area (Å²) >= 11 is 0. The first-order chi connectivity index (χ1) is 8.53. The van der Waals surface area contributed by atoms with Crippen molar-refractivity contribution in [3.05, 3.63) is 0 Å². The van der Waals surface area contributed by atoms with E-state index in [1.54, 1.807) is 0 Å². The van der Waals surface area contributed by atoms with Gasteiger partial charge in [0.25, 0.3) is 10.1 Å². The third-order valence-corrected chi connectivity index (χ3v) is 3.79. The van der Waals surface area contributed by atoms with Gasteiger partial charge in [-0.25, -0.2) is 0 Å². The lowest BCUT2D eigenvalue weighted by molar-refractivity contribution is 0.264. The third kappa shape index (κ3) is 8.06. The van der Waals surface area contributed by atoms with Crippen LogP contribution in [0.5, 0.6) is 0 Å². The summed E-state index contributed by atoms with van der Waals surface area (Å²) < 4.78 is 31.6. The number of hydrogen-bond donors (Lipinski definition) is 0. The van der Waals surface area contributed by atoms with Gasteiger partial charge in [-0.15, -0.1) is 0 Å². The van der Waals surface area contributed by atoms with E-state index in [9.17, 15) is 8.42 Å². The van der Waals surface area contributed by atoms with Gasteiger partial charge in [0.1, 0.15) is 6.10 Å². The molecule has 1 rings (SSSR count). The lowest BCUT2D eigenvalue weighted by Crippen LogP contribution is -2.10. The number of unbranched alkanes of at least 4 members (excludes halogenated alkanes) is 6. The minimum absolute atomic E-state index is 0.000170. The molecule has 1 heterocycles. The first-order valence-corrected chi connectivity index (χ1v) is 8.84. The van der Waals surface area contributed by atoms with Crippen LogP contribution >= 0.6 is 0 Å². The molecule has 0 saturated carbocycles. The zero-order valence-corrected chi connectivity index (χ0v) is 12.4. The molecule has 0 bridgehead atoms. The lowest BCUT2D eigenvalue weighted by atomic mass is 10.1. The maximum atomic E-state index is 10.8. The summed E-state index contributed by atoms with van der Waals surface area (Å²) in [5.74, 6) is 0. The highest BCUT2D eigenvalue weighted by Crippen LogP contribution is 2.28. The Labute approximate surface area is 111 Å². The van der Waals surface area contributed by atoms with Crippen molar-refractivity contribution >= 4 is 10.1 Å². The van der Waals surface area contributed by atoms with Crippen LogP contribution in [0.4, 0.5) is 0 Å². The number of hydrogen-bond acceptors (Lipinski definition) is 4. The summed E-state index contributed by atoms with van der Waals surface area (Å²) in [5, 5.41) is 0. The van der Waals surface area contributed by atoms with E-state index >= 15 is 0 Å². The fourth-order valence-corrected chi connectivity index (χ4v) is 2.45. The van der Waals surface area contributed by atoms with E-state index in [1.807, 2.05) is 0 Å². The molecule has 0 spiro atoms. The molecule has 18 heavy (non-hydrogen) atoms. The highest BCUT2D eigenvalue weighted by Gasteiger charge is 2.38. The van der Waals surface area contributed by atoms with E-state index in [-0.39, 0.29) is 18.8 Å². The van der Waals surface area contributed by atoms with Gasteiger partial charge < -0.3 is 4.74 Å². The highest BCUT2D eigenvalue weighted by molar-refractivity contribution is 7.85. The number of ether oxygens (including phenoxy) is 1. The summed E-state index contributed by atoms with van der Waals surface area (Å²) in [5.41, 5.74) is 0.